The predicted octanol–water partition coefficient (Wildman–Crippen LogP) is 2.19. The van der Waals surface area contributed by atoms with Crippen molar-refractivity contribution < 1.29 is 14.6 Å². The number of rotatable bonds is 4. The number of imidazole rings is 1. The molecule has 4 heterocycles. The molecule has 0 unspecified atom stereocenters. The van der Waals surface area contributed by atoms with Gasteiger partial charge in [0.25, 0.3) is 0 Å². The second-order valence-electron chi connectivity index (χ2n) is 8.53. The van der Waals surface area contributed by atoms with Crippen molar-refractivity contribution in [3.63, 3.8) is 0 Å². The summed E-state index contributed by atoms with van der Waals surface area (Å²) >= 11 is 0. The van der Waals surface area contributed by atoms with E-state index in [0.717, 1.165) is 54.9 Å². The van der Waals surface area contributed by atoms with Crippen molar-refractivity contribution in [3.8, 4) is 11.6 Å². The number of aryl methyl sites for hydroxylation is 1. The Kier molecular flexibility index (Phi) is 4.96. The average molecular weight is 435 g/mol. The fourth-order valence-corrected chi connectivity index (χ4v) is 4.68. The molecule has 2 aromatic heterocycles. The Balaban J connectivity index is 1.27. The summed E-state index contributed by atoms with van der Waals surface area (Å²) in [5.41, 5.74) is 2.04. The zero-order valence-electron chi connectivity index (χ0n) is 17.9. The van der Waals surface area contributed by atoms with Gasteiger partial charge in [-0.25, -0.2) is 14.8 Å². The number of aromatic nitrogens is 4. The second kappa shape index (κ2) is 7.81. The summed E-state index contributed by atoms with van der Waals surface area (Å²) in [5.74, 6) is 1.07. The van der Waals surface area contributed by atoms with Crippen LogP contribution in [0.4, 0.5) is 5.82 Å². The van der Waals surface area contributed by atoms with Gasteiger partial charge in [0.15, 0.2) is 5.82 Å². The van der Waals surface area contributed by atoms with E-state index >= 15 is 0 Å². The summed E-state index contributed by atoms with van der Waals surface area (Å²) in [4.78, 5) is 34.3. The molecule has 9 nitrogen and oxygen atoms in total. The summed E-state index contributed by atoms with van der Waals surface area (Å²) in [6, 6.07) is 6.27. The van der Waals surface area contributed by atoms with Gasteiger partial charge in [-0.05, 0) is 37.0 Å². The highest BCUT2D eigenvalue weighted by Gasteiger charge is 2.40. The predicted molar refractivity (Wildman–Crippen MR) is 118 cm³/mol. The Labute approximate surface area is 184 Å². The van der Waals surface area contributed by atoms with E-state index in [2.05, 4.69) is 40.0 Å². The minimum atomic E-state index is -1.07. The molecule has 1 spiro atoms. The maximum absolute atomic E-state index is 12.3. The summed E-state index contributed by atoms with van der Waals surface area (Å²) in [6.07, 6.45) is 10.0. The number of hydrogen-bond donors (Lipinski definition) is 1. The molecule has 2 aliphatic heterocycles. The number of carboxylic acid groups (broad SMARTS) is 1. The summed E-state index contributed by atoms with van der Waals surface area (Å²) < 4.78 is 8.91. The highest BCUT2D eigenvalue weighted by atomic mass is 16.5. The van der Waals surface area contributed by atoms with Crippen LogP contribution in [0.1, 0.15) is 30.4 Å². The molecule has 0 atom stereocenters. The monoisotopic (exact) mass is 435 g/mol. The molecular weight excluding hydrogens is 410 g/mol. The Morgan fingerprint density at radius 1 is 1.12 bits per heavy atom. The molecule has 9 heteroatoms. The zero-order chi connectivity index (χ0) is 22.3. The van der Waals surface area contributed by atoms with Gasteiger partial charge in [-0.3, -0.25) is 13.9 Å². The molecule has 1 fully saturated rings. The number of benzene rings is 1. The molecule has 0 aliphatic carbocycles. The Morgan fingerprint density at radius 2 is 1.88 bits per heavy atom. The second-order valence-corrected chi connectivity index (χ2v) is 8.53. The van der Waals surface area contributed by atoms with Crippen molar-refractivity contribution in [2.45, 2.75) is 44.8 Å². The van der Waals surface area contributed by atoms with E-state index in [1.807, 2.05) is 0 Å². The normalized spacial score (nSPS) is 17.1. The van der Waals surface area contributed by atoms with Gasteiger partial charge in [0, 0.05) is 38.3 Å². The number of piperidine rings is 1. The van der Waals surface area contributed by atoms with Crippen molar-refractivity contribution in [2.75, 3.05) is 18.0 Å². The maximum atomic E-state index is 12.3. The van der Waals surface area contributed by atoms with Gasteiger partial charge in [0.2, 0.25) is 0 Å². The third kappa shape index (κ3) is 3.63. The lowest BCUT2D eigenvalue weighted by atomic mass is 9.82. The lowest BCUT2D eigenvalue weighted by Gasteiger charge is -2.45. The summed E-state index contributed by atoms with van der Waals surface area (Å²) in [5, 5.41) is 8.89. The Hall–Kier alpha value is -3.62. The first-order valence-electron chi connectivity index (χ1n) is 10.8. The van der Waals surface area contributed by atoms with Gasteiger partial charge in [0.1, 0.15) is 23.7 Å². The average Bonchev–Trinajstić information content (AvgIpc) is 3.14. The smallest absolute Gasteiger partial charge is 0.334 e. The zero-order valence-corrected chi connectivity index (χ0v) is 17.9. The van der Waals surface area contributed by atoms with E-state index in [1.165, 1.54) is 28.1 Å². The maximum Gasteiger partial charge on any atom is 0.334 e. The minimum Gasteiger partial charge on any atom is -0.487 e. The Bertz CT molecular complexity index is 1210. The van der Waals surface area contributed by atoms with Crippen molar-refractivity contribution in [1.82, 2.24) is 19.1 Å². The molecule has 5 rings (SSSR count). The van der Waals surface area contributed by atoms with Crippen LogP contribution in [-0.2, 0) is 17.8 Å². The van der Waals surface area contributed by atoms with Gasteiger partial charge < -0.3 is 14.7 Å². The van der Waals surface area contributed by atoms with E-state index in [9.17, 15) is 9.59 Å². The summed E-state index contributed by atoms with van der Waals surface area (Å²) in [7, 11) is 0. The molecule has 1 saturated heterocycles. The number of hydrogen-bond acceptors (Lipinski definition) is 6. The molecule has 1 aromatic carbocycles. The van der Waals surface area contributed by atoms with Crippen LogP contribution < -0.4 is 15.3 Å². The lowest BCUT2D eigenvalue weighted by molar-refractivity contribution is -0.137. The lowest BCUT2D eigenvalue weighted by Crippen LogP contribution is -2.50. The SMILES string of the molecule is Cc1cccc2c1CCC1(CCN(c3cnc(-n4ccn(CC(=O)O)c4=O)cn3)CC1)O2. The van der Waals surface area contributed by atoms with E-state index in [0.29, 0.717) is 5.82 Å². The quantitative estimate of drug-likeness (QED) is 0.670. The molecule has 2 aliphatic rings. The first-order chi connectivity index (χ1) is 15.4. The van der Waals surface area contributed by atoms with Crippen LogP contribution in [0.15, 0.2) is 47.8 Å². The number of carboxylic acids is 1. The van der Waals surface area contributed by atoms with E-state index in [-0.39, 0.29) is 12.1 Å². The van der Waals surface area contributed by atoms with Gasteiger partial charge in [-0.15, -0.1) is 0 Å². The van der Waals surface area contributed by atoms with E-state index in [1.54, 1.807) is 12.4 Å². The largest absolute Gasteiger partial charge is 0.487 e. The van der Waals surface area contributed by atoms with Crippen molar-refractivity contribution in [3.05, 3.63) is 64.6 Å². The molecule has 3 aromatic rings. The van der Waals surface area contributed by atoms with Gasteiger partial charge >= 0.3 is 11.7 Å². The molecule has 0 saturated carbocycles. The number of aliphatic carboxylic acids is 1. The Morgan fingerprint density at radius 3 is 2.59 bits per heavy atom. The van der Waals surface area contributed by atoms with Crippen molar-refractivity contribution in [2.24, 2.45) is 0 Å². The fourth-order valence-electron chi connectivity index (χ4n) is 4.68. The van der Waals surface area contributed by atoms with Crippen molar-refractivity contribution in [1.29, 1.82) is 0 Å². The highest BCUT2D eigenvalue weighted by molar-refractivity contribution is 5.66. The number of ether oxygens (including phenoxy) is 1. The van der Waals surface area contributed by atoms with Crippen LogP contribution >= 0.6 is 0 Å². The molecule has 166 valence electrons. The van der Waals surface area contributed by atoms with E-state index < -0.39 is 11.7 Å². The van der Waals surface area contributed by atoms with Crippen LogP contribution in [0.3, 0.4) is 0 Å². The molecule has 0 radical (unpaired) electrons. The molecule has 0 bridgehead atoms. The fraction of sp³-hybridized carbons (Fsp3) is 0.391. The topological polar surface area (TPSA) is 102 Å². The van der Waals surface area contributed by atoms with Crippen LogP contribution in [0.5, 0.6) is 5.75 Å². The third-order valence-corrected chi connectivity index (χ3v) is 6.55. The van der Waals surface area contributed by atoms with Gasteiger partial charge in [-0.2, -0.15) is 0 Å². The molecule has 1 N–H and O–H groups in total. The van der Waals surface area contributed by atoms with Crippen molar-refractivity contribution >= 4 is 11.8 Å². The number of fused-ring (bicyclic) bond motifs is 1. The van der Waals surface area contributed by atoms with Crippen LogP contribution in [-0.4, -0.2) is 48.9 Å². The van der Waals surface area contributed by atoms with Crippen LogP contribution in [0, 0.1) is 6.92 Å². The van der Waals surface area contributed by atoms with Gasteiger partial charge in [0.05, 0.1) is 12.4 Å². The number of carbonyl (C=O) groups is 1. The molecule has 32 heavy (non-hydrogen) atoms. The first kappa shape index (κ1) is 20.3. The van der Waals surface area contributed by atoms with E-state index in [4.69, 9.17) is 9.84 Å². The first-order valence-corrected chi connectivity index (χ1v) is 10.8. The minimum absolute atomic E-state index is 0.120. The number of anilines is 1. The van der Waals surface area contributed by atoms with Gasteiger partial charge in [-0.1, -0.05) is 12.1 Å². The standard InChI is InChI=1S/C23H25N5O4/c1-16-3-2-4-18-17(16)5-6-23(32-18)7-9-26(10-8-23)19-13-25-20(14-24-19)28-12-11-27(22(28)31)15-21(29)30/h2-4,11-14H,5-10,15H2,1H3,(H,29,30). The van der Waals surface area contributed by atoms with Crippen LogP contribution in [0.2, 0.25) is 0 Å². The number of nitrogens with zero attached hydrogens (tertiary/aromatic N) is 5. The van der Waals surface area contributed by atoms with Crippen LogP contribution in [0.25, 0.3) is 5.82 Å². The highest BCUT2D eigenvalue weighted by Crippen LogP contribution is 2.40. The molecule has 0 amide bonds. The summed E-state index contributed by atoms with van der Waals surface area (Å²) in [6.45, 7) is 3.40. The third-order valence-electron chi connectivity index (χ3n) is 6.55. The molecular formula is C23H25N5O4.